The molecule has 2 aromatic rings. The highest BCUT2D eigenvalue weighted by Gasteiger charge is 2.09. The first-order valence-corrected chi connectivity index (χ1v) is 7.91. The van der Waals surface area contributed by atoms with Crippen molar-refractivity contribution in [2.75, 3.05) is 0 Å². The van der Waals surface area contributed by atoms with Gasteiger partial charge in [-0.15, -0.1) is 0 Å². The number of rotatable bonds is 5. The molecule has 0 bridgehead atoms. The summed E-state index contributed by atoms with van der Waals surface area (Å²) in [4.78, 5) is 2.44. The number of nitrogens with one attached hydrogen (secondary N) is 1. The third kappa shape index (κ3) is 4.13. The number of hydrogen-bond donors (Lipinski definition) is 1. The predicted molar refractivity (Wildman–Crippen MR) is 83.7 cm³/mol. The lowest BCUT2D eigenvalue weighted by molar-refractivity contribution is 0.527. The van der Waals surface area contributed by atoms with Crippen LogP contribution in [0.3, 0.4) is 0 Å². The molecule has 1 N–H and O–H groups in total. The monoisotopic (exact) mass is 339 g/mol. The number of halogens is 1. The van der Waals surface area contributed by atoms with Crippen LogP contribution in [0.1, 0.15) is 25.2 Å². The lowest BCUT2D eigenvalue weighted by atomic mass is 10.2. The van der Waals surface area contributed by atoms with Crippen molar-refractivity contribution in [3.05, 3.63) is 46.3 Å². The molecule has 0 unspecified atom stereocenters. The van der Waals surface area contributed by atoms with Crippen LogP contribution in [0, 0.1) is 6.92 Å². The van der Waals surface area contributed by atoms with Gasteiger partial charge < -0.3 is 9.73 Å². The van der Waals surface area contributed by atoms with Crippen LogP contribution in [0.25, 0.3) is 0 Å². The molecule has 19 heavy (non-hydrogen) atoms. The second-order valence-electron chi connectivity index (χ2n) is 4.73. The van der Waals surface area contributed by atoms with E-state index in [0.717, 1.165) is 16.8 Å². The van der Waals surface area contributed by atoms with E-state index in [0.29, 0.717) is 6.04 Å². The van der Waals surface area contributed by atoms with Crippen molar-refractivity contribution >= 4 is 27.7 Å². The summed E-state index contributed by atoms with van der Waals surface area (Å²) in [6.07, 6.45) is 1.74. The van der Waals surface area contributed by atoms with Gasteiger partial charge in [-0.1, -0.05) is 41.5 Å². The summed E-state index contributed by atoms with van der Waals surface area (Å²) in [5.74, 6) is 0.968. The Morgan fingerprint density at radius 3 is 2.68 bits per heavy atom. The maximum absolute atomic E-state index is 5.35. The summed E-state index contributed by atoms with van der Waals surface area (Å²) >= 11 is 5.29. The van der Waals surface area contributed by atoms with Gasteiger partial charge in [-0.3, -0.25) is 0 Å². The summed E-state index contributed by atoms with van der Waals surface area (Å²) in [6.45, 7) is 7.18. The molecule has 1 aromatic carbocycles. The molecule has 0 saturated carbocycles. The second-order valence-corrected chi connectivity index (χ2v) is 6.73. The molecule has 0 aliphatic rings. The Morgan fingerprint density at radius 1 is 1.26 bits per heavy atom. The molecule has 0 fully saturated rings. The van der Waals surface area contributed by atoms with Gasteiger partial charge in [0.25, 0.3) is 0 Å². The smallest absolute Gasteiger partial charge is 0.114 e. The Bertz CT molecular complexity index is 551. The van der Waals surface area contributed by atoms with Crippen molar-refractivity contribution in [2.45, 2.75) is 43.1 Å². The summed E-state index contributed by atoms with van der Waals surface area (Å²) < 4.78 is 6.47. The van der Waals surface area contributed by atoms with Crippen LogP contribution in [0.2, 0.25) is 0 Å². The molecule has 0 aliphatic heterocycles. The van der Waals surface area contributed by atoms with E-state index >= 15 is 0 Å². The van der Waals surface area contributed by atoms with E-state index in [9.17, 15) is 0 Å². The van der Waals surface area contributed by atoms with Gasteiger partial charge in [-0.25, -0.2) is 0 Å². The normalized spacial score (nSPS) is 11.2. The highest BCUT2D eigenvalue weighted by Crippen LogP contribution is 2.34. The van der Waals surface area contributed by atoms with E-state index < -0.39 is 0 Å². The zero-order valence-corrected chi connectivity index (χ0v) is 13.8. The lowest BCUT2D eigenvalue weighted by Crippen LogP contribution is -2.22. The molecule has 102 valence electrons. The molecule has 0 radical (unpaired) electrons. The molecule has 2 nitrogen and oxygen atoms in total. The van der Waals surface area contributed by atoms with Crippen molar-refractivity contribution in [2.24, 2.45) is 0 Å². The van der Waals surface area contributed by atoms with Crippen molar-refractivity contribution < 1.29 is 4.42 Å². The van der Waals surface area contributed by atoms with E-state index in [4.69, 9.17) is 4.42 Å². The van der Waals surface area contributed by atoms with Crippen molar-refractivity contribution in [3.63, 3.8) is 0 Å². The van der Waals surface area contributed by atoms with Crippen LogP contribution in [-0.2, 0) is 6.54 Å². The minimum absolute atomic E-state index is 0.479. The van der Waals surface area contributed by atoms with Gasteiger partial charge in [0.1, 0.15) is 5.76 Å². The van der Waals surface area contributed by atoms with Gasteiger partial charge in [-0.05, 0) is 36.8 Å². The summed E-state index contributed by atoms with van der Waals surface area (Å²) in [6, 6.07) is 8.90. The summed E-state index contributed by atoms with van der Waals surface area (Å²) in [5, 5.41) is 3.47. The molecule has 2 rings (SSSR count). The van der Waals surface area contributed by atoms with Crippen LogP contribution in [-0.4, -0.2) is 6.04 Å². The van der Waals surface area contributed by atoms with Crippen LogP contribution in [0.4, 0.5) is 0 Å². The molecule has 0 amide bonds. The lowest BCUT2D eigenvalue weighted by Gasteiger charge is -2.12. The van der Waals surface area contributed by atoms with Crippen molar-refractivity contribution in [1.82, 2.24) is 5.32 Å². The maximum Gasteiger partial charge on any atom is 0.114 e. The minimum atomic E-state index is 0.479. The number of aryl methyl sites for hydroxylation is 1. The summed E-state index contributed by atoms with van der Waals surface area (Å²) in [5.41, 5.74) is 1.30. The molecule has 0 saturated heterocycles. The van der Waals surface area contributed by atoms with E-state index in [1.54, 1.807) is 18.0 Å². The molecule has 0 atom stereocenters. The second kappa shape index (κ2) is 6.64. The zero-order chi connectivity index (χ0) is 13.8. The van der Waals surface area contributed by atoms with E-state index in [1.807, 2.05) is 13.0 Å². The van der Waals surface area contributed by atoms with Crippen LogP contribution in [0.5, 0.6) is 0 Å². The Labute approximate surface area is 127 Å². The molecule has 1 aromatic heterocycles. The molecule has 0 spiro atoms. The van der Waals surface area contributed by atoms with Gasteiger partial charge in [0.2, 0.25) is 0 Å². The fraction of sp³-hybridized carbons (Fsp3) is 0.333. The standard InChI is InChI=1S/C15H18BrNOS/c1-10(2)17-9-12-8-13(16)4-5-15(12)19-14-6-7-18-11(14)3/h4-8,10,17H,9H2,1-3H3. The van der Waals surface area contributed by atoms with Crippen molar-refractivity contribution in [1.29, 1.82) is 0 Å². The fourth-order valence-corrected chi connectivity index (χ4v) is 3.06. The number of benzene rings is 1. The van der Waals surface area contributed by atoms with Gasteiger partial charge in [0.05, 0.1) is 11.2 Å². The molecular formula is C15H18BrNOS. The van der Waals surface area contributed by atoms with E-state index in [2.05, 4.69) is 53.3 Å². The first kappa shape index (κ1) is 14.7. The predicted octanol–water partition coefficient (Wildman–Crippen LogP) is 5.00. The Balaban J connectivity index is 2.21. The molecular weight excluding hydrogens is 322 g/mol. The Morgan fingerprint density at radius 2 is 2.05 bits per heavy atom. The highest BCUT2D eigenvalue weighted by molar-refractivity contribution is 9.10. The van der Waals surface area contributed by atoms with E-state index in [-0.39, 0.29) is 0 Å². The Hall–Kier alpha value is -0.710. The fourth-order valence-electron chi connectivity index (χ4n) is 1.70. The Kier molecular flexibility index (Phi) is 5.13. The molecule has 1 heterocycles. The first-order valence-electron chi connectivity index (χ1n) is 6.30. The van der Waals surface area contributed by atoms with Crippen LogP contribution >= 0.6 is 27.7 Å². The average molecular weight is 340 g/mol. The minimum Gasteiger partial charge on any atom is -0.468 e. The summed E-state index contributed by atoms with van der Waals surface area (Å²) in [7, 11) is 0. The SMILES string of the molecule is Cc1occc1Sc1ccc(Br)cc1CNC(C)C. The third-order valence-electron chi connectivity index (χ3n) is 2.75. The molecule has 0 aliphatic carbocycles. The maximum atomic E-state index is 5.35. The van der Waals surface area contributed by atoms with Gasteiger partial charge in [0.15, 0.2) is 0 Å². The van der Waals surface area contributed by atoms with Crippen LogP contribution < -0.4 is 5.32 Å². The van der Waals surface area contributed by atoms with Crippen LogP contribution in [0.15, 0.2) is 49.2 Å². The van der Waals surface area contributed by atoms with Gasteiger partial charge in [0, 0.05) is 22.0 Å². The highest BCUT2D eigenvalue weighted by atomic mass is 79.9. The van der Waals surface area contributed by atoms with Gasteiger partial charge >= 0.3 is 0 Å². The average Bonchev–Trinajstić information content (AvgIpc) is 2.75. The number of furan rings is 1. The topological polar surface area (TPSA) is 25.2 Å². The van der Waals surface area contributed by atoms with Gasteiger partial charge in [-0.2, -0.15) is 0 Å². The first-order chi connectivity index (χ1) is 9.06. The largest absolute Gasteiger partial charge is 0.468 e. The third-order valence-corrected chi connectivity index (χ3v) is 4.51. The van der Waals surface area contributed by atoms with Crippen molar-refractivity contribution in [3.8, 4) is 0 Å². The zero-order valence-electron chi connectivity index (χ0n) is 11.4. The molecule has 4 heteroatoms. The number of hydrogen-bond acceptors (Lipinski definition) is 3. The van der Waals surface area contributed by atoms with E-state index in [1.165, 1.54) is 15.4 Å². The quantitative estimate of drug-likeness (QED) is 0.829.